The van der Waals surface area contributed by atoms with Crippen LogP contribution in [0.2, 0.25) is 0 Å². The molecule has 1 aliphatic rings. The van der Waals surface area contributed by atoms with Crippen LogP contribution in [0.1, 0.15) is 18.9 Å². The summed E-state index contributed by atoms with van der Waals surface area (Å²) in [7, 11) is -3.15. The molecule has 0 spiro atoms. The van der Waals surface area contributed by atoms with Gasteiger partial charge in [0.1, 0.15) is 5.75 Å². The fourth-order valence-electron chi connectivity index (χ4n) is 2.65. The van der Waals surface area contributed by atoms with Crippen molar-refractivity contribution in [3.8, 4) is 5.75 Å². The van der Waals surface area contributed by atoms with E-state index in [0.29, 0.717) is 6.42 Å². The zero-order chi connectivity index (χ0) is 17.2. The fourth-order valence-corrected chi connectivity index (χ4v) is 4.38. The summed E-state index contributed by atoms with van der Waals surface area (Å²) in [6, 6.07) is 4.18. The molecule has 1 unspecified atom stereocenters. The predicted octanol–water partition coefficient (Wildman–Crippen LogP) is 0.675. The second-order valence-corrected chi connectivity index (χ2v) is 7.85. The number of nitrogens with one attached hydrogen (secondary N) is 1. The van der Waals surface area contributed by atoms with E-state index < -0.39 is 27.7 Å². The van der Waals surface area contributed by atoms with E-state index in [4.69, 9.17) is 0 Å². The molecule has 1 atom stereocenters. The molecule has 1 aliphatic heterocycles. The number of sulfone groups is 1. The van der Waals surface area contributed by atoms with Crippen molar-refractivity contribution in [2.24, 2.45) is 0 Å². The largest absolute Gasteiger partial charge is 0.506 e. The lowest BCUT2D eigenvalue weighted by molar-refractivity contribution is -0.144. The lowest BCUT2D eigenvalue weighted by atomic mass is 10.2. The maximum Gasteiger partial charge on any atom is 0.314 e. The summed E-state index contributed by atoms with van der Waals surface area (Å²) in [5, 5.41) is 12.1. The summed E-state index contributed by atoms with van der Waals surface area (Å²) in [5.74, 6) is -1.91. The minimum atomic E-state index is -3.15. The Hall–Kier alpha value is -2.09. The van der Waals surface area contributed by atoms with E-state index in [0.717, 1.165) is 5.56 Å². The molecule has 1 saturated heterocycles. The molecule has 1 aromatic rings. The van der Waals surface area contributed by atoms with E-state index in [-0.39, 0.29) is 29.5 Å². The molecule has 0 saturated carbocycles. The molecule has 8 heteroatoms. The highest BCUT2D eigenvalue weighted by molar-refractivity contribution is 7.91. The Morgan fingerprint density at radius 2 is 2.09 bits per heavy atom. The van der Waals surface area contributed by atoms with Crippen LogP contribution in [0.5, 0.6) is 5.75 Å². The summed E-state index contributed by atoms with van der Waals surface area (Å²) < 4.78 is 23.1. The Balaban J connectivity index is 2.11. The number of nitrogens with zero attached hydrogens (tertiary/aromatic N) is 1. The number of likely N-dealkylation sites (N-methyl/N-ethyl adjacent to an activating group) is 1. The molecule has 0 bridgehead atoms. The van der Waals surface area contributed by atoms with Gasteiger partial charge in [0.05, 0.1) is 17.2 Å². The van der Waals surface area contributed by atoms with Crippen LogP contribution in [0.15, 0.2) is 18.2 Å². The van der Waals surface area contributed by atoms with Crippen LogP contribution < -0.4 is 5.32 Å². The number of aromatic hydroxyl groups is 1. The second kappa shape index (κ2) is 6.57. The highest BCUT2D eigenvalue weighted by Gasteiger charge is 2.36. The van der Waals surface area contributed by atoms with Gasteiger partial charge in [0.25, 0.3) is 0 Å². The molecule has 126 valence electrons. The van der Waals surface area contributed by atoms with Gasteiger partial charge in [0.2, 0.25) is 0 Å². The van der Waals surface area contributed by atoms with Gasteiger partial charge in [-0.2, -0.15) is 0 Å². The van der Waals surface area contributed by atoms with Crippen LogP contribution in [0.3, 0.4) is 0 Å². The van der Waals surface area contributed by atoms with Crippen molar-refractivity contribution in [1.82, 2.24) is 4.90 Å². The lowest BCUT2D eigenvalue weighted by Crippen LogP contribution is -2.46. The van der Waals surface area contributed by atoms with E-state index in [9.17, 15) is 23.1 Å². The number of aryl methyl sites for hydroxylation is 1. The van der Waals surface area contributed by atoms with Crippen LogP contribution in [0, 0.1) is 6.92 Å². The second-order valence-electron chi connectivity index (χ2n) is 5.62. The Morgan fingerprint density at radius 3 is 2.65 bits per heavy atom. The van der Waals surface area contributed by atoms with Gasteiger partial charge < -0.3 is 15.3 Å². The quantitative estimate of drug-likeness (QED) is 0.622. The molecule has 0 aliphatic carbocycles. The number of carbonyl (C=O) groups is 2. The third-order valence-electron chi connectivity index (χ3n) is 3.85. The summed E-state index contributed by atoms with van der Waals surface area (Å²) in [6.45, 7) is 3.73. The van der Waals surface area contributed by atoms with Crippen LogP contribution in [0.4, 0.5) is 5.69 Å². The Morgan fingerprint density at radius 1 is 1.39 bits per heavy atom. The predicted molar refractivity (Wildman–Crippen MR) is 85.9 cm³/mol. The maximum absolute atomic E-state index is 12.3. The summed E-state index contributed by atoms with van der Waals surface area (Å²) in [5.41, 5.74) is 0.971. The van der Waals surface area contributed by atoms with Crippen molar-refractivity contribution in [3.05, 3.63) is 23.8 Å². The number of anilines is 1. The monoisotopic (exact) mass is 340 g/mol. The first-order valence-corrected chi connectivity index (χ1v) is 9.17. The SMILES string of the molecule is CCN(C(=O)C(=O)Nc1cc(C)ccc1O)C1CCS(=O)(=O)C1. The number of carbonyl (C=O) groups excluding carboxylic acids is 2. The van der Waals surface area contributed by atoms with Crippen LogP contribution in [-0.4, -0.2) is 54.3 Å². The summed E-state index contributed by atoms with van der Waals surface area (Å²) >= 11 is 0. The highest BCUT2D eigenvalue weighted by atomic mass is 32.2. The van der Waals surface area contributed by atoms with Gasteiger partial charge in [0.15, 0.2) is 9.84 Å². The van der Waals surface area contributed by atoms with E-state index in [2.05, 4.69) is 5.32 Å². The van der Waals surface area contributed by atoms with Crippen LogP contribution >= 0.6 is 0 Å². The van der Waals surface area contributed by atoms with Crippen molar-refractivity contribution in [2.45, 2.75) is 26.3 Å². The molecule has 0 aromatic heterocycles. The number of phenols is 1. The van der Waals surface area contributed by atoms with Gasteiger partial charge in [-0.3, -0.25) is 9.59 Å². The molecular formula is C15H20N2O5S. The molecule has 2 rings (SSSR count). The van der Waals surface area contributed by atoms with Crippen molar-refractivity contribution >= 4 is 27.3 Å². The Kier molecular flexibility index (Phi) is 4.93. The minimum absolute atomic E-state index is 0.0295. The van der Waals surface area contributed by atoms with Gasteiger partial charge in [-0.1, -0.05) is 6.07 Å². The smallest absolute Gasteiger partial charge is 0.314 e. The number of benzene rings is 1. The van der Waals surface area contributed by atoms with Gasteiger partial charge >= 0.3 is 11.8 Å². The molecule has 2 N–H and O–H groups in total. The van der Waals surface area contributed by atoms with Crippen molar-refractivity contribution < 1.29 is 23.1 Å². The first-order chi connectivity index (χ1) is 10.7. The number of phenolic OH excluding ortho intramolecular Hbond substituents is 1. The Labute approximate surface area is 135 Å². The van der Waals surface area contributed by atoms with Crippen LogP contribution in [0.25, 0.3) is 0 Å². The first kappa shape index (κ1) is 17.3. The summed E-state index contributed by atoms with van der Waals surface area (Å²) in [4.78, 5) is 25.7. The van der Waals surface area contributed by atoms with Gasteiger partial charge in [-0.05, 0) is 38.0 Å². The highest BCUT2D eigenvalue weighted by Crippen LogP contribution is 2.24. The third-order valence-corrected chi connectivity index (χ3v) is 5.60. The molecule has 0 radical (unpaired) electrons. The number of hydrogen-bond donors (Lipinski definition) is 2. The average Bonchev–Trinajstić information content (AvgIpc) is 2.83. The zero-order valence-electron chi connectivity index (χ0n) is 13.1. The molecule has 1 heterocycles. The molecule has 23 heavy (non-hydrogen) atoms. The normalized spacial score (nSPS) is 19.3. The molecule has 7 nitrogen and oxygen atoms in total. The van der Waals surface area contributed by atoms with Crippen molar-refractivity contribution in [1.29, 1.82) is 0 Å². The molecular weight excluding hydrogens is 320 g/mol. The van der Waals surface area contributed by atoms with E-state index in [1.807, 2.05) is 0 Å². The molecule has 1 fully saturated rings. The van der Waals surface area contributed by atoms with E-state index >= 15 is 0 Å². The first-order valence-electron chi connectivity index (χ1n) is 7.35. The van der Waals surface area contributed by atoms with Gasteiger partial charge in [0, 0.05) is 12.6 Å². The van der Waals surface area contributed by atoms with Crippen molar-refractivity contribution in [3.63, 3.8) is 0 Å². The average molecular weight is 340 g/mol. The van der Waals surface area contributed by atoms with E-state index in [1.165, 1.54) is 11.0 Å². The maximum atomic E-state index is 12.3. The number of hydrogen-bond acceptors (Lipinski definition) is 5. The summed E-state index contributed by atoms with van der Waals surface area (Å²) in [6.07, 6.45) is 0.338. The number of rotatable bonds is 3. The molecule has 2 amide bonds. The third kappa shape index (κ3) is 4.01. The standard InChI is InChI=1S/C15H20N2O5S/c1-3-17(11-6-7-23(21,22)9-11)15(20)14(19)16-12-8-10(2)4-5-13(12)18/h4-5,8,11,18H,3,6-7,9H2,1-2H3,(H,16,19). The fraction of sp³-hybridized carbons (Fsp3) is 0.467. The topological polar surface area (TPSA) is 104 Å². The molecule has 1 aromatic carbocycles. The lowest BCUT2D eigenvalue weighted by Gasteiger charge is -2.26. The van der Waals surface area contributed by atoms with Crippen LogP contribution in [-0.2, 0) is 19.4 Å². The van der Waals surface area contributed by atoms with Gasteiger partial charge in [-0.25, -0.2) is 8.42 Å². The Bertz CT molecular complexity index is 729. The number of amides is 2. The minimum Gasteiger partial charge on any atom is -0.506 e. The zero-order valence-corrected chi connectivity index (χ0v) is 13.9. The van der Waals surface area contributed by atoms with Gasteiger partial charge in [-0.15, -0.1) is 0 Å². The van der Waals surface area contributed by atoms with E-state index in [1.54, 1.807) is 26.0 Å². The van der Waals surface area contributed by atoms with Crippen molar-refractivity contribution in [2.75, 3.05) is 23.4 Å².